The fraction of sp³-hybridized carbons (Fsp3) is 0.316. The fourth-order valence-corrected chi connectivity index (χ4v) is 2.94. The lowest BCUT2D eigenvalue weighted by atomic mass is 10.2. The maximum Gasteiger partial charge on any atom is 0.355 e. The number of nitrogens with one attached hydrogen (secondary N) is 1. The van der Waals surface area contributed by atoms with Gasteiger partial charge >= 0.3 is 11.7 Å². The number of hydrogen-bond acceptors (Lipinski definition) is 4. The Hall–Kier alpha value is -3.09. The average molecular weight is 355 g/mol. The molecule has 0 amide bonds. The number of fused-ring (bicyclic) bond motifs is 1. The van der Waals surface area contributed by atoms with Gasteiger partial charge in [0.15, 0.2) is 0 Å². The zero-order chi connectivity index (χ0) is 18.8. The van der Waals surface area contributed by atoms with E-state index in [9.17, 15) is 14.4 Å². The van der Waals surface area contributed by atoms with Gasteiger partial charge in [-0.05, 0) is 32.4 Å². The number of rotatable bonds is 5. The van der Waals surface area contributed by atoms with Gasteiger partial charge in [0.1, 0.15) is 17.8 Å². The Labute approximate surface area is 149 Å². The zero-order valence-electron chi connectivity index (χ0n) is 15.0. The lowest BCUT2D eigenvalue weighted by Crippen LogP contribution is -2.40. The lowest BCUT2D eigenvalue weighted by molar-refractivity contribution is 0.0467. The molecule has 0 atom stereocenters. The molecule has 0 saturated heterocycles. The number of hydrogen-bond donors (Lipinski definition) is 1. The fourth-order valence-electron chi connectivity index (χ4n) is 2.94. The summed E-state index contributed by atoms with van der Waals surface area (Å²) in [6.07, 6.45) is 0. The van der Waals surface area contributed by atoms with Crippen molar-refractivity contribution in [2.24, 2.45) is 0 Å². The summed E-state index contributed by atoms with van der Waals surface area (Å²) >= 11 is 0. The van der Waals surface area contributed by atoms with Crippen LogP contribution in [-0.2, 0) is 17.9 Å². The van der Waals surface area contributed by atoms with Crippen molar-refractivity contribution in [3.8, 4) is 0 Å². The molecule has 0 unspecified atom stereocenters. The molecule has 0 aliphatic heterocycles. The van der Waals surface area contributed by atoms with Crippen molar-refractivity contribution in [1.29, 1.82) is 0 Å². The number of carbonyl (C=O) groups excluding carboxylic acids is 1. The quantitative estimate of drug-likeness (QED) is 0.712. The summed E-state index contributed by atoms with van der Waals surface area (Å²) in [7, 11) is 0. The second-order valence-electron chi connectivity index (χ2n) is 6.30. The van der Waals surface area contributed by atoms with E-state index in [1.165, 1.54) is 10.6 Å². The van der Waals surface area contributed by atoms with Gasteiger partial charge in [0.05, 0.1) is 5.52 Å². The molecular weight excluding hydrogens is 334 g/mol. The van der Waals surface area contributed by atoms with Crippen LogP contribution in [0.5, 0.6) is 0 Å². The van der Waals surface area contributed by atoms with E-state index in [1.807, 2.05) is 44.2 Å². The van der Waals surface area contributed by atoms with Crippen LogP contribution in [0.15, 0.2) is 46.0 Å². The molecule has 3 aromatic rings. The van der Waals surface area contributed by atoms with Crippen LogP contribution in [0.1, 0.15) is 42.9 Å². The normalized spacial score (nSPS) is 11.2. The molecule has 0 radical (unpaired) electrons. The first-order valence-corrected chi connectivity index (χ1v) is 8.53. The molecule has 136 valence electrons. The molecule has 2 aromatic heterocycles. The molecule has 0 aliphatic carbocycles. The second kappa shape index (κ2) is 7.03. The van der Waals surface area contributed by atoms with E-state index < -0.39 is 11.5 Å². The van der Waals surface area contributed by atoms with Crippen molar-refractivity contribution in [1.82, 2.24) is 14.1 Å². The first kappa shape index (κ1) is 17.7. The molecule has 7 nitrogen and oxygen atoms in total. The number of H-pyrrole nitrogens is 1. The molecule has 0 fully saturated rings. The van der Waals surface area contributed by atoms with Crippen LogP contribution in [0, 0.1) is 0 Å². The standard InChI is InChI=1S/C19H21N3O4/c1-4-21-17(23)16-15(22(12(2)3)19(21)25)10-14(20-16)18(24)26-11-13-8-6-5-7-9-13/h5-10,12,20H,4,11H2,1-3H3. The lowest BCUT2D eigenvalue weighted by Gasteiger charge is -2.13. The smallest absolute Gasteiger partial charge is 0.355 e. The van der Waals surface area contributed by atoms with Crippen molar-refractivity contribution in [3.63, 3.8) is 0 Å². The minimum absolute atomic E-state index is 0.130. The summed E-state index contributed by atoms with van der Waals surface area (Å²) in [6.45, 7) is 5.83. The van der Waals surface area contributed by atoms with E-state index in [-0.39, 0.29) is 36.1 Å². The minimum atomic E-state index is -0.574. The number of benzene rings is 1. The van der Waals surface area contributed by atoms with Crippen molar-refractivity contribution in [2.75, 3.05) is 0 Å². The van der Waals surface area contributed by atoms with Gasteiger partial charge in [-0.3, -0.25) is 13.9 Å². The first-order valence-electron chi connectivity index (χ1n) is 8.53. The van der Waals surface area contributed by atoms with Gasteiger partial charge in [-0.15, -0.1) is 0 Å². The molecule has 1 N–H and O–H groups in total. The Morgan fingerprint density at radius 2 is 1.88 bits per heavy atom. The number of aromatic amines is 1. The highest BCUT2D eigenvalue weighted by Crippen LogP contribution is 2.16. The first-order chi connectivity index (χ1) is 12.4. The van der Waals surface area contributed by atoms with Crippen LogP contribution >= 0.6 is 0 Å². The highest BCUT2D eigenvalue weighted by molar-refractivity contribution is 5.93. The minimum Gasteiger partial charge on any atom is -0.456 e. The van der Waals surface area contributed by atoms with Crippen LogP contribution in [0.2, 0.25) is 0 Å². The predicted octanol–water partition coefficient (Wildman–Crippen LogP) is 2.45. The molecular formula is C19H21N3O4. The molecule has 26 heavy (non-hydrogen) atoms. The van der Waals surface area contributed by atoms with E-state index >= 15 is 0 Å². The Morgan fingerprint density at radius 3 is 2.50 bits per heavy atom. The molecule has 7 heteroatoms. The van der Waals surface area contributed by atoms with Crippen LogP contribution < -0.4 is 11.2 Å². The number of nitrogens with zero attached hydrogens (tertiary/aromatic N) is 2. The van der Waals surface area contributed by atoms with E-state index in [4.69, 9.17) is 4.74 Å². The third-order valence-electron chi connectivity index (χ3n) is 4.22. The molecule has 3 rings (SSSR count). The summed E-state index contributed by atoms with van der Waals surface area (Å²) in [5.41, 5.74) is 0.827. The van der Waals surface area contributed by atoms with Gasteiger partial charge in [0.2, 0.25) is 0 Å². The van der Waals surface area contributed by atoms with Crippen molar-refractivity contribution in [3.05, 3.63) is 68.5 Å². The van der Waals surface area contributed by atoms with E-state index in [2.05, 4.69) is 4.98 Å². The monoisotopic (exact) mass is 355 g/mol. The predicted molar refractivity (Wildman–Crippen MR) is 98.4 cm³/mol. The molecule has 0 spiro atoms. The number of carbonyl (C=O) groups is 1. The van der Waals surface area contributed by atoms with Crippen LogP contribution in [-0.4, -0.2) is 20.1 Å². The third kappa shape index (κ3) is 3.08. The zero-order valence-corrected chi connectivity index (χ0v) is 15.0. The SMILES string of the molecule is CCn1c(=O)c2[nH]c(C(=O)OCc3ccccc3)cc2n(C(C)C)c1=O. The summed E-state index contributed by atoms with van der Waals surface area (Å²) in [5.74, 6) is -0.574. The number of aromatic nitrogens is 3. The highest BCUT2D eigenvalue weighted by Gasteiger charge is 2.20. The van der Waals surface area contributed by atoms with Gasteiger partial charge in [-0.2, -0.15) is 0 Å². The van der Waals surface area contributed by atoms with E-state index in [1.54, 1.807) is 6.92 Å². The Balaban J connectivity index is 2.02. The Kier molecular flexibility index (Phi) is 4.79. The van der Waals surface area contributed by atoms with Crippen LogP contribution in [0.25, 0.3) is 11.0 Å². The number of esters is 1. The van der Waals surface area contributed by atoms with Gasteiger partial charge in [-0.1, -0.05) is 30.3 Å². The van der Waals surface area contributed by atoms with E-state index in [0.717, 1.165) is 10.1 Å². The third-order valence-corrected chi connectivity index (χ3v) is 4.22. The second-order valence-corrected chi connectivity index (χ2v) is 6.30. The summed E-state index contributed by atoms with van der Waals surface area (Å²) in [6, 6.07) is 10.7. The largest absolute Gasteiger partial charge is 0.456 e. The Morgan fingerprint density at radius 1 is 1.19 bits per heavy atom. The van der Waals surface area contributed by atoms with Crippen molar-refractivity contribution < 1.29 is 9.53 Å². The maximum absolute atomic E-state index is 12.6. The Bertz CT molecular complexity index is 1060. The van der Waals surface area contributed by atoms with Crippen LogP contribution in [0.4, 0.5) is 0 Å². The summed E-state index contributed by atoms with van der Waals surface area (Å²) < 4.78 is 7.96. The van der Waals surface area contributed by atoms with Crippen molar-refractivity contribution >= 4 is 17.0 Å². The molecule has 0 saturated carbocycles. The topological polar surface area (TPSA) is 86.1 Å². The average Bonchev–Trinajstić information content (AvgIpc) is 3.06. The summed E-state index contributed by atoms with van der Waals surface area (Å²) in [4.78, 5) is 40.3. The highest BCUT2D eigenvalue weighted by atomic mass is 16.5. The number of ether oxygens (including phenoxy) is 1. The molecule has 0 bridgehead atoms. The van der Waals surface area contributed by atoms with Gasteiger partial charge in [-0.25, -0.2) is 9.59 Å². The van der Waals surface area contributed by atoms with Crippen LogP contribution in [0.3, 0.4) is 0 Å². The van der Waals surface area contributed by atoms with Gasteiger partial charge in [0.25, 0.3) is 5.56 Å². The van der Waals surface area contributed by atoms with Gasteiger partial charge in [0, 0.05) is 12.6 Å². The van der Waals surface area contributed by atoms with Gasteiger partial charge < -0.3 is 9.72 Å². The van der Waals surface area contributed by atoms with E-state index in [0.29, 0.717) is 5.52 Å². The maximum atomic E-state index is 12.6. The molecule has 2 heterocycles. The van der Waals surface area contributed by atoms with Crippen molar-refractivity contribution in [2.45, 2.75) is 40.0 Å². The molecule has 0 aliphatic rings. The molecule has 1 aromatic carbocycles. The summed E-state index contributed by atoms with van der Waals surface area (Å²) in [5, 5.41) is 0.